The second kappa shape index (κ2) is 7.74. The minimum Gasteiger partial charge on any atom is -0.336 e. The van der Waals surface area contributed by atoms with Gasteiger partial charge in [-0.25, -0.2) is 9.97 Å². The molecule has 1 aromatic carbocycles. The van der Waals surface area contributed by atoms with Crippen molar-refractivity contribution in [1.82, 2.24) is 19.8 Å². The van der Waals surface area contributed by atoms with Crippen LogP contribution in [0.4, 0.5) is 0 Å². The highest BCUT2D eigenvalue weighted by atomic mass is 16.2. The molecule has 0 radical (unpaired) electrons. The highest BCUT2D eigenvalue weighted by molar-refractivity contribution is 5.92. The number of nitrogens with zero attached hydrogens (tertiary/aromatic N) is 4. The number of rotatable bonds is 4. The predicted molar refractivity (Wildman–Crippen MR) is 98.5 cm³/mol. The van der Waals surface area contributed by atoms with Crippen LogP contribution in [0, 0.1) is 6.92 Å². The van der Waals surface area contributed by atoms with Crippen molar-refractivity contribution in [3.8, 4) is 0 Å². The minimum absolute atomic E-state index is 0.0558. The summed E-state index contributed by atoms with van der Waals surface area (Å²) >= 11 is 0. The Balaban J connectivity index is 1.78. The highest BCUT2D eigenvalue weighted by Crippen LogP contribution is 2.25. The Morgan fingerprint density at radius 3 is 2.76 bits per heavy atom. The third kappa shape index (κ3) is 4.42. The summed E-state index contributed by atoms with van der Waals surface area (Å²) in [5.74, 6) is 0.994. The van der Waals surface area contributed by atoms with Crippen LogP contribution < -0.4 is 0 Å². The van der Waals surface area contributed by atoms with Crippen LogP contribution >= 0.6 is 0 Å². The van der Waals surface area contributed by atoms with Crippen molar-refractivity contribution in [2.75, 3.05) is 27.2 Å². The van der Waals surface area contributed by atoms with E-state index in [2.05, 4.69) is 21.9 Å². The third-order valence-electron chi connectivity index (χ3n) is 4.73. The van der Waals surface area contributed by atoms with Crippen molar-refractivity contribution in [1.29, 1.82) is 0 Å². The van der Waals surface area contributed by atoms with Gasteiger partial charge in [0.15, 0.2) is 0 Å². The fourth-order valence-corrected chi connectivity index (χ4v) is 3.44. The molecule has 1 unspecified atom stereocenters. The Morgan fingerprint density at radius 2 is 2.04 bits per heavy atom. The van der Waals surface area contributed by atoms with E-state index in [-0.39, 0.29) is 5.91 Å². The van der Waals surface area contributed by atoms with Gasteiger partial charge in [0.1, 0.15) is 11.5 Å². The first-order valence-electron chi connectivity index (χ1n) is 8.86. The summed E-state index contributed by atoms with van der Waals surface area (Å²) in [4.78, 5) is 25.9. The number of aromatic nitrogens is 2. The average molecular weight is 338 g/mol. The number of carbonyl (C=O) groups excluding carboxylic acids is 1. The number of benzene rings is 1. The quantitative estimate of drug-likeness (QED) is 0.860. The maximum atomic E-state index is 12.8. The summed E-state index contributed by atoms with van der Waals surface area (Å²) in [6.07, 6.45) is 2.29. The lowest BCUT2D eigenvalue weighted by molar-refractivity contribution is 0.0778. The number of amides is 1. The van der Waals surface area contributed by atoms with Gasteiger partial charge in [0.2, 0.25) is 0 Å². The van der Waals surface area contributed by atoms with Crippen LogP contribution in [0.5, 0.6) is 0 Å². The van der Waals surface area contributed by atoms with Gasteiger partial charge in [-0.15, -0.1) is 0 Å². The topological polar surface area (TPSA) is 49.3 Å². The molecule has 1 saturated heterocycles. The van der Waals surface area contributed by atoms with E-state index in [0.717, 1.165) is 30.8 Å². The first-order valence-corrected chi connectivity index (χ1v) is 8.86. The number of hydrogen-bond donors (Lipinski definition) is 0. The fraction of sp³-hybridized carbons (Fsp3) is 0.450. The maximum Gasteiger partial charge on any atom is 0.272 e. The molecule has 0 spiro atoms. The third-order valence-corrected chi connectivity index (χ3v) is 4.73. The zero-order chi connectivity index (χ0) is 17.8. The Kier molecular flexibility index (Phi) is 5.43. The average Bonchev–Trinajstić information content (AvgIpc) is 2.61. The molecule has 2 heterocycles. The van der Waals surface area contributed by atoms with E-state index < -0.39 is 0 Å². The molecule has 132 valence electrons. The molecule has 0 N–H and O–H groups in total. The van der Waals surface area contributed by atoms with E-state index in [1.54, 1.807) is 4.90 Å². The number of likely N-dealkylation sites (tertiary alicyclic amines) is 1. The lowest BCUT2D eigenvalue weighted by Gasteiger charge is -2.29. The Bertz CT molecular complexity index is 732. The summed E-state index contributed by atoms with van der Waals surface area (Å²) in [6, 6.07) is 11.9. The highest BCUT2D eigenvalue weighted by Gasteiger charge is 2.23. The van der Waals surface area contributed by atoms with Gasteiger partial charge in [-0.3, -0.25) is 4.79 Å². The van der Waals surface area contributed by atoms with Gasteiger partial charge >= 0.3 is 0 Å². The van der Waals surface area contributed by atoms with Crippen molar-refractivity contribution in [3.63, 3.8) is 0 Å². The molecule has 1 aliphatic heterocycles. The van der Waals surface area contributed by atoms with Crippen molar-refractivity contribution >= 4 is 5.91 Å². The molecule has 1 aromatic heterocycles. The summed E-state index contributed by atoms with van der Waals surface area (Å²) in [5.41, 5.74) is 2.60. The molecule has 5 nitrogen and oxygen atoms in total. The van der Waals surface area contributed by atoms with Gasteiger partial charge in [-0.05, 0) is 45.0 Å². The van der Waals surface area contributed by atoms with Gasteiger partial charge in [0.05, 0.1) is 0 Å². The van der Waals surface area contributed by atoms with Crippen LogP contribution in [0.15, 0.2) is 36.4 Å². The Labute approximate surface area is 149 Å². The second-order valence-corrected chi connectivity index (χ2v) is 6.97. The van der Waals surface area contributed by atoms with E-state index in [9.17, 15) is 4.79 Å². The summed E-state index contributed by atoms with van der Waals surface area (Å²) in [7, 11) is 3.96. The van der Waals surface area contributed by atoms with Gasteiger partial charge in [-0.2, -0.15) is 0 Å². The molecule has 5 heteroatoms. The normalized spacial score (nSPS) is 18.1. The molecule has 1 aliphatic rings. The van der Waals surface area contributed by atoms with Crippen molar-refractivity contribution < 1.29 is 4.79 Å². The smallest absolute Gasteiger partial charge is 0.272 e. The lowest BCUT2D eigenvalue weighted by atomic mass is 9.94. The molecule has 0 saturated carbocycles. The SMILES string of the molecule is Cc1nc(C(=O)N(C)Cc2ccccc2)cc(C2CCCN(C)C2)n1. The summed E-state index contributed by atoms with van der Waals surface area (Å²) in [6.45, 7) is 4.56. The van der Waals surface area contributed by atoms with Gasteiger partial charge < -0.3 is 9.80 Å². The summed E-state index contributed by atoms with van der Waals surface area (Å²) < 4.78 is 0. The molecule has 0 bridgehead atoms. The zero-order valence-corrected chi connectivity index (χ0v) is 15.3. The molecule has 1 amide bonds. The van der Waals surface area contributed by atoms with Gasteiger partial charge in [-0.1, -0.05) is 30.3 Å². The Morgan fingerprint density at radius 1 is 1.28 bits per heavy atom. The standard InChI is InChI=1S/C20H26N4O/c1-15-21-18(17-10-7-11-23(2)14-17)12-19(22-15)20(25)24(3)13-16-8-5-4-6-9-16/h4-6,8-9,12,17H,7,10-11,13-14H2,1-3H3. The predicted octanol–water partition coefficient (Wildman–Crippen LogP) is 2.87. The summed E-state index contributed by atoms with van der Waals surface area (Å²) in [5, 5.41) is 0. The minimum atomic E-state index is -0.0558. The van der Waals surface area contributed by atoms with Crippen LogP contribution in [-0.4, -0.2) is 52.9 Å². The number of carbonyl (C=O) groups is 1. The van der Waals surface area contributed by atoms with Crippen LogP contribution in [0.2, 0.25) is 0 Å². The Hall–Kier alpha value is -2.27. The molecule has 25 heavy (non-hydrogen) atoms. The monoisotopic (exact) mass is 338 g/mol. The van der Waals surface area contributed by atoms with Gasteiger partial charge in [0.25, 0.3) is 5.91 Å². The van der Waals surface area contributed by atoms with Gasteiger partial charge in [0, 0.05) is 31.7 Å². The van der Waals surface area contributed by atoms with Crippen molar-refractivity contribution in [3.05, 3.63) is 59.2 Å². The largest absolute Gasteiger partial charge is 0.336 e. The molecule has 1 fully saturated rings. The van der Waals surface area contributed by atoms with Crippen LogP contribution in [0.25, 0.3) is 0 Å². The van der Waals surface area contributed by atoms with Crippen molar-refractivity contribution in [2.45, 2.75) is 32.2 Å². The van der Waals surface area contributed by atoms with E-state index >= 15 is 0 Å². The number of piperidine rings is 1. The molecule has 2 aromatic rings. The second-order valence-electron chi connectivity index (χ2n) is 6.97. The van der Waals surface area contributed by atoms with Crippen molar-refractivity contribution in [2.24, 2.45) is 0 Å². The van der Waals surface area contributed by atoms with E-state index in [4.69, 9.17) is 0 Å². The van der Waals surface area contributed by atoms with Crippen LogP contribution in [0.3, 0.4) is 0 Å². The maximum absolute atomic E-state index is 12.8. The van der Waals surface area contributed by atoms with E-state index in [1.807, 2.05) is 50.4 Å². The first kappa shape index (κ1) is 17.5. The molecule has 3 rings (SSSR count). The zero-order valence-electron chi connectivity index (χ0n) is 15.3. The van der Waals surface area contributed by atoms with Crippen LogP contribution in [-0.2, 0) is 6.54 Å². The first-order chi connectivity index (χ1) is 12.0. The molecular weight excluding hydrogens is 312 g/mol. The number of likely N-dealkylation sites (N-methyl/N-ethyl adjacent to an activating group) is 1. The van der Waals surface area contributed by atoms with E-state index in [1.165, 1.54) is 6.42 Å². The number of aryl methyl sites for hydroxylation is 1. The molecule has 1 atom stereocenters. The fourth-order valence-electron chi connectivity index (χ4n) is 3.44. The molecular formula is C20H26N4O. The number of hydrogen-bond acceptors (Lipinski definition) is 4. The van der Waals surface area contributed by atoms with E-state index in [0.29, 0.717) is 24.0 Å². The van der Waals surface area contributed by atoms with Crippen LogP contribution in [0.1, 0.15) is 46.3 Å². The molecule has 0 aliphatic carbocycles. The lowest BCUT2D eigenvalue weighted by Crippen LogP contribution is -2.32.